The number of amides is 1. The minimum Gasteiger partial charge on any atom is -0.372 e. The van der Waals surface area contributed by atoms with Gasteiger partial charge in [0.05, 0.1) is 16.3 Å². The summed E-state index contributed by atoms with van der Waals surface area (Å²) in [5.74, 6) is 0.648. The van der Waals surface area contributed by atoms with Crippen LogP contribution in [0.4, 0.5) is 0 Å². The quantitative estimate of drug-likeness (QED) is 0.387. The van der Waals surface area contributed by atoms with Crippen molar-refractivity contribution in [3.63, 3.8) is 0 Å². The SMILES string of the molecule is CCN(CC)Cc1ccc(Cl)c(-c2nn(-c3cc(C)ncc3C)cc2-c2ncn[nH]2)c1.NC=O. The number of primary amides is 1. The number of halogens is 1. The van der Waals surface area contributed by atoms with Crippen LogP contribution in [0, 0.1) is 13.8 Å². The van der Waals surface area contributed by atoms with Gasteiger partial charge in [0.2, 0.25) is 6.41 Å². The minimum absolute atomic E-state index is 0.250. The summed E-state index contributed by atoms with van der Waals surface area (Å²) in [6, 6.07) is 8.17. The smallest absolute Gasteiger partial charge is 0.204 e. The van der Waals surface area contributed by atoms with Crippen LogP contribution in [0.5, 0.6) is 0 Å². The summed E-state index contributed by atoms with van der Waals surface area (Å²) < 4.78 is 1.87. The van der Waals surface area contributed by atoms with Gasteiger partial charge in [0.25, 0.3) is 0 Å². The second-order valence-corrected chi connectivity index (χ2v) is 8.10. The molecule has 4 rings (SSSR count). The molecule has 9 nitrogen and oxygen atoms in total. The minimum atomic E-state index is 0.250. The van der Waals surface area contributed by atoms with Crippen LogP contribution < -0.4 is 5.73 Å². The molecule has 34 heavy (non-hydrogen) atoms. The summed E-state index contributed by atoms with van der Waals surface area (Å²) in [5.41, 5.74) is 10.8. The molecule has 0 radical (unpaired) electrons. The number of nitrogens with one attached hydrogen (secondary N) is 1. The fraction of sp³-hybridized carbons (Fsp3) is 0.292. The van der Waals surface area contributed by atoms with Crippen LogP contribution in [-0.4, -0.2) is 54.3 Å². The lowest BCUT2D eigenvalue weighted by atomic mass is 10.0. The second-order valence-electron chi connectivity index (χ2n) is 7.69. The first kappa shape index (κ1) is 25.1. The summed E-state index contributed by atoms with van der Waals surface area (Å²) >= 11 is 6.66. The lowest BCUT2D eigenvalue weighted by Crippen LogP contribution is -2.22. The number of aryl methyl sites for hydroxylation is 2. The van der Waals surface area contributed by atoms with Gasteiger partial charge in [-0.2, -0.15) is 10.2 Å². The maximum atomic E-state index is 8.58. The van der Waals surface area contributed by atoms with Crippen molar-refractivity contribution in [3.8, 4) is 28.3 Å². The number of hydrogen-bond acceptors (Lipinski definition) is 6. The molecule has 0 spiro atoms. The van der Waals surface area contributed by atoms with Gasteiger partial charge < -0.3 is 5.73 Å². The molecule has 0 saturated carbocycles. The number of pyridine rings is 1. The second kappa shape index (κ2) is 11.5. The molecule has 3 N–H and O–H groups in total. The highest BCUT2D eigenvalue weighted by Gasteiger charge is 2.20. The third-order valence-electron chi connectivity index (χ3n) is 5.43. The van der Waals surface area contributed by atoms with Gasteiger partial charge in [-0.3, -0.25) is 19.8 Å². The van der Waals surface area contributed by atoms with E-state index in [1.807, 2.05) is 43.1 Å². The standard InChI is InChI=1S/C23H26ClN7.CH3NO/c1-5-30(6-2)12-17-7-8-20(24)18(10-17)22-19(23-26-14-27-28-23)13-31(29-22)21-9-16(4)25-11-15(21)3;2-1-3/h7-11,13-14H,5-6,12H2,1-4H3,(H,26,27,28);1H,(H2,2,3). The van der Waals surface area contributed by atoms with Crippen molar-refractivity contribution >= 4 is 18.0 Å². The van der Waals surface area contributed by atoms with Crippen molar-refractivity contribution in [2.75, 3.05) is 13.1 Å². The molecule has 4 aromatic rings. The normalized spacial score (nSPS) is 10.8. The van der Waals surface area contributed by atoms with E-state index < -0.39 is 0 Å². The van der Waals surface area contributed by atoms with Crippen molar-refractivity contribution in [1.82, 2.24) is 34.8 Å². The van der Waals surface area contributed by atoms with Crippen LogP contribution in [0.3, 0.4) is 0 Å². The number of nitrogens with two attached hydrogens (primary N) is 1. The molecular formula is C24H29ClN8O. The Balaban J connectivity index is 0.00000103. The summed E-state index contributed by atoms with van der Waals surface area (Å²) in [6.07, 6.45) is 5.57. The topological polar surface area (TPSA) is 119 Å². The Morgan fingerprint density at radius 1 is 1.15 bits per heavy atom. The van der Waals surface area contributed by atoms with Crippen LogP contribution in [0.25, 0.3) is 28.3 Å². The van der Waals surface area contributed by atoms with E-state index in [4.69, 9.17) is 21.5 Å². The molecular weight excluding hydrogens is 452 g/mol. The molecule has 10 heteroatoms. The van der Waals surface area contributed by atoms with E-state index in [9.17, 15) is 0 Å². The van der Waals surface area contributed by atoms with Gasteiger partial charge in [0.1, 0.15) is 12.0 Å². The molecule has 0 fully saturated rings. The highest BCUT2D eigenvalue weighted by Crippen LogP contribution is 2.35. The number of H-pyrrole nitrogens is 1. The van der Waals surface area contributed by atoms with Crippen LogP contribution >= 0.6 is 11.6 Å². The first-order chi connectivity index (χ1) is 16.4. The number of carbonyl (C=O) groups is 1. The fourth-order valence-corrected chi connectivity index (χ4v) is 3.83. The maximum Gasteiger partial charge on any atom is 0.204 e. The Hall–Kier alpha value is -3.56. The number of rotatable bonds is 7. The molecule has 0 bridgehead atoms. The van der Waals surface area contributed by atoms with Crippen LogP contribution in [-0.2, 0) is 11.3 Å². The van der Waals surface area contributed by atoms with Gasteiger partial charge in [-0.1, -0.05) is 31.5 Å². The maximum absolute atomic E-state index is 8.58. The van der Waals surface area contributed by atoms with Gasteiger partial charge in [0, 0.05) is 30.2 Å². The lowest BCUT2D eigenvalue weighted by molar-refractivity contribution is -0.106. The van der Waals surface area contributed by atoms with E-state index in [1.165, 1.54) is 11.9 Å². The third-order valence-corrected chi connectivity index (χ3v) is 5.76. The number of carbonyl (C=O) groups excluding carboxylic acids is 1. The Morgan fingerprint density at radius 2 is 1.88 bits per heavy atom. The largest absolute Gasteiger partial charge is 0.372 e. The Morgan fingerprint density at radius 3 is 2.53 bits per heavy atom. The summed E-state index contributed by atoms with van der Waals surface area (Å²) in [4.78, 5) is 19.7. The molecule has 0 unspecified atom stereocenters. The molecule has 3 heterocycles. The fourth-order valence-electron chi connectivity index (χ4n) is 3.62. The number of aromatic amines is 1. The van der Waals surface area contributed by atoms with Crippen molar-refractivity contribution < 1.29 is 4.79 Å². The first-order valence-corrected chi connectivity index (χ1v) is 11.3. The molecule has 0 saturated heterocycles. The molecule has 1 amide bonds. The molecule has 1 aromatic carbocycles. The number of aromatic nitrogens is 6. The first-order valence-electron chi connectivity index (χ1n) is 11.0. The van der Waals surface area contributed by atoms with E-state index in [1.54, 1.807) is 0 Å². The monoisotopic (exact) mass is 480 g/mol. The predicted octanol–water partition coefficient (Wildman–Crippen LogP) is 3.93. The zero-order valence-corrected chi connectivity index (χ0v) is 20.5. The van der Waals surface area contributed by atoms with Gasteiger partial charge in [-0.25, -0.2) is 9.67 Å². The Labute approximate surface area is 204 Å². The van der Waals surface area contributed by atoms with Gasteiger partial charge in [0.15, 0.2) is 5.82 Å². The van der Waals surface area contributed by atoms with E-state index in [0.29, 0.717) is 10.8 Å². The lowest BCUT2D eigenvalue weighted by Gasteiger charge is -2.18. The summed E-state index contributed by atoms with van der Waals surface area (Å²) in [5, 5.41) is 12.6. The van der Waals surface area contributed by atoms with Gasteiger partial charge >= 0.3 is 0 Å². The van der Waals surface area contributed by atoms with E-state index >= 15 is 0 Å². The highest BCUT2D eigenvalue weighted by molar-refractivity contribution is 6.33. The van der Waals surface area contributed by atoms with Gasteiger partial charge in [-0.05, 0) is 56.3 Å². The Bertz CT molecular complexity index is 1230. The summed E-state index contributed by atoms with van der Waals surface area (Å²) in [6.45, 7) is 11.2. The molecule has 0 atom stereocenters. The number of hydrogen-bond donors (Lipinski definition) is 2. The predicted molar refractivity (Wildman–Crippen MR) is 134 cm³/mol. The number of benzene rings is 1. The van der Waals surface area contributed by atoms with Crippen molar-refractivity contribution in [3.05, 3.63) is 64.8 Å². The van der Waals surface area contributed by atoms with Crippen LogP contribution in [0.2, 0.25) is 5.02 Å². The molecule has 178 valence electrons. The van der Waals surface area contributed by atoms with E-state index in [2.05, 4.69) is 56.8 Å². The van der Waals surface area contributed by atoms with Crippen molar-refractivity contribution in [2.24, 2.45) is 5.73 Å². The summed E-state index contributed by atoms with van der Waals surface area (Å²) in [7, 11) is 0. The van der Waals surface area contributed by atoms with E-state index in [-0.39, 0.29) is 6.41 Å². The zero-order valence-electron chi connectivity index (χ0n) is 19.8. The highest BCUT2D eigenvalue weighted by atomic mass is 35.5. The molecule has 0 aliphatic rings. The average molecular weight is 481 g/mol. The molecule has 3 aromatic heterocycles. The van der Waals surface area contributed by atoms with Gasteiger partial charge in [-0.15, -0.1) is 0 Å². The molecule has 0 aliphatic carbocycles. The zero-order chi connectivity index (χ0) is 24.7. The van der Waals surface area contributed by atoms with E-state index in [0.717, 1.165) is 53.4 Å². The van der Waals surface area contributed by atoms with Crippen LogP contribution in [0.1, 0.15) is 30.7 Å². The third kappa shape index (κ3) is 5.67. The van der Waals surface area contributed by atoms with Crippen molar-refractivity contribution in [1.29, 1.82) is 0 Å². The van der Waals surface area contributed by atoms with Crippen molar-refractivity contribution in [2.45, 2.75) is 34.2 Å². The number of nitrogens with zero attached hydrogens (tertiary/aromatic N) is 6. The van der Waals surface area contributed by atoms with Crippen LogP contribution in [0.15, 0.2) is 43.0 Å². The Kier molecular flexibility index (Phi) is 8.50. The average Bonchev–Trinajstić information content (AvgIpc) is 3.51. The molecule has 0 aliphatic heterocycles.